The number of carbonyl (C=O) groups excluding carboxylic acids is 3. The minimum absolute atomic E-state index is 0.111. The highest BCUT2D eigenvalue weighted by Crippen LogP contribution is 2.24. The van der Waals surface area contributed by atoms with Crippen molar-refractivity contribution in [3.05, 3.63) is 53.6 Å². The summed E-state index contributed by atoms with van der Waals surface area (Å²) in [6.45, 7) is 6.80. The fourth-order valence-corrected chi connectivity index (χ4v) is 3.06. The number of nitrogens with one attached hydrogen (secondary N) is 2. The summed E-state index contributed by atoms with van der Waals surface area (Å²) >= 11 is 0. The predicted molar refractivity (Wildman–Crippen MR) is 113 cm³/mol. The molecule has 6 heteroatoms. The van der Waals surface area contributed by atoms with Crippen molar-refractivity contribution in [2.45, 2.75) is 40.5 Å². The van der Waals surface area contributed by atoms with E-state index in [9.17, 15) is 14.4 Å². The third kappa shape index (κ3) is 5.42. The van der Waals surface area contributed by atoms with E-state index in [0.717, 1.165) is 29.7 Å². The Hall–Kier alpha value is -3.15. The summed E-state index contributed by atoms with van der Waals surface area (Å²) in [6.07, 6.45) is 1.61. The van der Waals surface area contributed by atoms with Crippen molar-refractivity contribution in [2.75, 3.05) is 22.1 Å². The van der Waals surface area contributed by atoms with Gasteiger partial charge in [0.2, 0.25) is 17.7 Å². The van der Waals surface area contributed by atoms with Gasteiger partial charge in [-0.1, -0.05) is 38.1 Å². The summed E-state index contributed by atoms with van der Waals surface area (Å²) in [7, 11) is 0. The van der Waals surface area contributed by atoms with Gasteiger partial charge in [-0.05, 0) is 42.2 Å². The van der Waals surface area contributed by atoms with E-state index in [2.05, 4.69) is 10.6 Å². The number of nitrogens with zero attached hydrogens (tertiary/aromatic N) is 1. The molecule has 3 amide bonds. The third-order valence-electron chi connectivity index (χ3n) is 4.42. The number of hydrogen-bond donors (Lipinski definition) is 2. The second kappa shape index (κ2) is 9.69. The molecule has 0 heterocycles. The molecule has 0 aliphatic carbocycles. The van der Waals surface area contributed by atoms with Crippen LogP contribution in [0.5, 0.6) is 0 Å². The monoisotopic (exact) mass is 381 g/mol. The van der Waals surface area contributed by atoms with Crippen LogP contribution in [-0.2, 0) is 27.2 Å². The molecule has 148 valence electrons. The van der Waals surface area contributed by atoms with Crippen LogP contribution in [0.3, 0.4) is 0 Å². The first kappa shape index (κ1) is 21.2. The number of amides is 3. The topological polar surface area (TPSA) is 78.5 Å². The molecule has 0 bridgehead atoms. The van der Waals surface area contributed by atoms with E-state index < -0.39 is 0 Å². The smallest absolute Gasteiger partial charge is 0.244 e. The van der Waals surface area contributed by atoms with E-state index in [1.807, 2.05) is 32.0 Å². The Morgan fingerprint density at radius 3 is 2.04 bits per heavy atom. The second-order valence-corrected chi connectivity index (χ2v) is 6.54. The van der Waals surface area contributed by atoms with Crippen molar-refractivity contribution in [3.63, 3.8) is 0 Å². The van der Waals surface area contributed by atoms with Gasteiger partial charge >= 0.3 is 0 Å². The maximum atomic E-state index is 12.7. The van der Waals surface area contributed by atoms with Gasteiger partial charge in [-0.3, -0.25) is 14.4 Å². The molecule has 0 fully saturated rings. The SMILES string of the molecule is CCc1cccc(CC)c1NC(=O)CN(C(C)=O)c1cccc(NC(C)=O)c1. The van der Waals surface area contributed by atoms with Crippen LogP contribution in [0, 0.1) is 0 Å². The van der Waals surface area contributed by atoms with E-state index in [1.165, 1.54) is 18.7 Å². The number of anilines is 3. The molecule has 0 saturated heterocycles. The molecule has 28 heavy (non-hydrogen) atoms. The minimum atomic E-state index is -0.268. The van der Waals surface area contributed by atoms with Crippen molar-refractivity contribution in [1.29, 1.82) is 0 Å². The Bertz CT molecular complexity index is 855. The lowest BCUT2D eigenvalue weighted by atomic mass is 10.0. The molecule has 2 aromatic rings. The lowest BCUT2D eigenvalue weighted by Crippen LogP contribution is -2.37. The van der Waals surface area contributed by atoms with Crippen molar-refractivity contribution in [3.8, 4) is 0 Å². The zero-order valence-corrected chi connectivity index (χ0v) is 16.8. The molecular weight excluding hydrogens is 354 g/mol. The van der Waals surface area contributed by atoms with Crippen LogP contribution in [0.4, 0.5) is 17.1 Å². The van der Waals surface area contributed by atoms with Gasteiger partial charge in [0.25, 0.3) is 0 Å². The van der Waals surface area contributed by atoms with Crippen LogP contribution in [0.1, 0.15) is 38.8 Å². The van der Waals surface area contributed by atoms with Crippen LogP contribution < -0.4 is 15.5 Å². The Balaban J connectivity index is 2.23. The zero-order valence-electron chi connectivity index (χ0n) is 16.8. The average Bonchev–Trinajstić information content (AvgIpc) is 2.65. The van der Waals surface area contributed by atoms with Crippen molar-refractivity contribution in [1.82, 2.24) is 0 Å². The van der Waals surface area contributed by atoms with Crippen LogP contribution in [0.25, 0.3) is 0 Å². The van der Waals surface area contributed by atoms with E-state index >= 15 is 0 Å². The Labute approximate surface area is 165 Å². The largest absolute Gasteiger partial charge is 0.326 e. The van der Waals surface area contributed by atoms with Crippen molar-refractivity contribution >= 4 is 34.8 Å². The van der Waals surface area contributed by atoms with Gasteiger partial charge in [-0.2, -0.15) is 0 Å². The van der Waals surface area contributed by atoms with E-state index in [-0.39, 0.29) is 24.3 Å². The second-order valence-electron chi connectivity index (χ2n) is 6.54. The molecule has 2 aromatic carbocycles. The maximum Gasteiger partial charge on any atom is 0.244 e. The van der Waals surface area contributed by atoms with Crippen LogP contribution in [0.15, 0.2) is 42.5 Å². The molecule has 0 spiro atoms. The molecule has 2 rings (SSSR count). The zero-order chi connectivity index (χ0) is 20.7. The van der Waals surface area contributed by atoms with Crippen molar-refractivity contribution < 1.29 is 14.4 Å². The molecular formula is C22H27N3O3. The van der Waals surface area contributed by atoms with Crippen LogP contribution in [-0.4, -0.2) is 24.3 Å². The van der Waals surface area contributed by atoms with Gasteiger partial charge in [-0.15, -0.1) is 0 Å². The summed E-state index contributed by atoms with van der Waals surface area (Å²) in [6, 6.07) is 12.8. The number of para-hydroxylation sites is 1. The highest BCUT2D eigenvalue weighted by atomic mass is 16.2. The Kier molecular flexibility index (Phi) is 7.32. The summed E-state index contributed by atoms with van der Waals surface area (Å²) in [4.78, 5) is 37.6. The summed E-state index contributed by atoms with van der Waals surface area (Å²) in [5.41, 5.74) is 4.08. The molecule has 6 nitrogen and oxygen atoms in total. The minimum Gasteiger partial charge on any atom is -0.326 e. The number of rotatable bonds is 7. The molecule has 0 unspecified atom stereocenters. The first-order valence-corrected chi connectivity index (χ1v) is 9.42. The van der Waals surface area contributed by atoms with Gasteiger partial charge in [-0.25, -0.2) is 0 Å². The average molecular weight is 381 g/mol. The van der Waals surface area contributed by atoms with E-state index in [0.29, 0.717) is 11.4 Å². The third-order valence-corrected chi connectivity index (χ3v) is 4.42. The van der Waals surface area contributed by atoms with Gasteiger partial charge in [0.1, 0.15) is 6.54 Å². The lowest BCUT2D eigenvalue weighted by Gasteiger charge is -2.22. The molecule has 0 aliphatic heterocycles. The van der Waals surface area contributed by atoms with Crippen molar-refractivity contribution in [2.24, 2.45) is 0 Å². The van der Waals surface area contributed by atoms with E-state index in [1.54, 1.807) is 24.3 Å². The highest BCUT2D eigenvalue weighted by molar-refractivity contribution is 6.02. The normalized spacial score (nSPS) is 10.3. The van der Waals surface area contributed by atoms with Gasteiger partial charge in [0.05, 0.1) is 0 Å². The number of aryl methyl sites for hydroxylation is 2. The van der Waals surface area contributed by atoms with E-state index in [4.69, 9.17) is 0 Å². The fraction of sp³-hybridized carbons (Fsp3) is 0.318. The summed E-state index contributed by atoms with van der Waals surface area (Å²) < 4.78 is 0. The first-order valence-electron chi connectivity index (χ1n) is 9.42. The predicted octanol–water partition coefficient (Wildman–Crippen LogP) is 3.76. The Morgan fingerprint density at radius 1 is 0.893 bits per heavy atom. The van der Waals surface area contributed by atoms with Gasteiger partial charge < -0.3 is 15.5 Å². The van der Waals surface area contributed by atoms with Gasteiger partial charge in [0, 0.05) is 30.9 Å². The molecule has 0 saturated carbocycles. The number of benzene rings is 2. The standard InChI is InChI=1S/C22H27N3O3/c1-5-17-9-7-10-18(6-2)22(17)24-21(28)14-25(16(4)27)20-12-8-11-19(13-20)23-15(3)26/h7-13H,5-6,14H2,1-4H3,(H,23,26)(H,24,28). The molecule has 0 atom stereocenters. The first-order chi connectivity index (χ1) is 13.3. The summed E-state index contributed by atoms with van der Waals surface area (Å²) in [5.74, 6) is -0.724. The molecule has 0 radical (unpaired) electrons. The quantitative estimate of drug-likeness (QED) is 0.766. The van der Waals surface area contributed by atoms with Crippen LogP contribution >= 0.6 is 0 Å². The maximum absolute atomic E-state index is 12.7. The molecule has 2 N–H and O–H groups in total. The highest BCUT2D eigenvalue weighted by Gasteiger charge is 2.18. The summed E-state index contributed by atoms with van der Waals surface area (Å²) in [5, 5.41) is 5.67. The molecule has 0 aromatic heterocycles. The Morgan fingerprint density at radius 2 is 1.50 bits per heavy atom. The number of carbonyl (C=O) groups is 3. The van der Waals surface area contributed by atoms with Gasteiger partial charge in [0.15, 0.2) is 0 Å². The fourth-order valence-electron chi connectivity index (χ4n) is 3.06. The number of hydrogen-bond acceptors (Lipinski definition) is 3. The molecule has 0 aliphatic rings. The lowest BCUT2D eigenvalue weighted by molar-refractivity contribution is -0.120. The van der Waals surface area contributed by atoms with Crippen LogP contribution in [0.2, 0.25) is 0 Å².